The molecule has 3 N–H and O–H groups in total. The molecule has 30 heavy (non-hydrogen) atoms. The average molecular weight is 425 g/mol. The first-order valence-electron chi connectivity index (χ1n) is 9.70. The molecule has 1 aliphatic rings. The molecule has 4 rings (SSSR count). The lowest BCUT2D eigenvalue weighted by molar-refractivity contribution is 0.0682. The summed E-state index contributed by atoms with van der Waals surface area (Å²) in [6.07, 6.45) is 5.12. The fourth-order valence-corrected chi connectivity index (χ4v) is 4.32. The smallest absolute Gasteiger partial charge is 0.143 e. The summed E-state index contributed by atoms with van der Waals surface area (Å²) in [4.78, 5) is 9.21. The van der Waals surface area contributed by atoms with Crippen LogP contribution in [-0.4, -0.2) is 55.5 Å². The van der Waals surface area contributed by atoms with Crippen molar-refractivity contribution in [2.45, 2.75) is 6.54 Å². The van der Waals surface area contributed by atoms with Crippen molar-refractivity contribution in [2.75, 3.05) is 39.1 Å². The molecule has 3 heterocycles. The third-order valence-electron chi connectivity index (χ3n) is 4.78. The van der Waals surface area contributed by atoms with Crippen molar-refractivity contribution in [3.8, 4) is 10.4 Å². The Morgan fingerprint density at radius 2 is 2.17 bits per heavy atom. The number of rotatable bonds is 6. The number of amidine groups is 1. The van der Waals surface area contributed by atoms with Crippen LogP contribution in [0.3, 0.4) is 0 Å². The maximum atomic E-state index is 6.41. The van der Waals surface area contributed by atoms with E-state index in [9.17, 15) is 0 Å². The highest BCUT2D eigenvalue weighted by molar-refractivity contribution is 7.18. The second-order valence-corrected chi connectivity index (χ2v) is 7.78. The molecular formula is C21H24N6O2S. The molecule has 0 unspecified atom stereocenters. The van der Waals surface area contributed by atoms with Gasteiger partial charge >= 0.3 is 0 Å². The summed E-state index contributed by atoms with van der Waals surface area (Å²) >= 11 is 1.60. The van der Waals surface area contributed by atoms with Crippen LogP contribution in [0.1, 0.15) is 16.0 Å². The Morgan fingerprint density at radius 1 is 1.33 bits per heavy atom. The molecule has 0 bridgehead atoms. The number of nitrogens with one attached hydrogen (secondary N) is 1. The van der Waals surface area contributed by atoms with E-state index in [0.717, 1.165) is 45.4 Å². The van der Waals surface area contributed by atoms with E-state index in [1.54, 1.807) is 30.8 Å². The van der Waals surface area contributed by atoms with Crippen LogP contribution in [-0.2, 0) is 11.3 Å². The number of hydrogen-bond donors (Lipinski definition) is 2. The zero-order valence-electron chi connectivity index (χ0n) is 16.7. The number of aromatic nitrogens is 1. The van der Waals surface area contributed by atoms with E-state index in [-0.39, 0.29) is 0 Å². The number of morpholine rings is 1. The Balaban J connectivity index is 1.69. The number of hydrogen-bond acceptors (Lipinski definition) is 8. The van der Waals surface area contributed by atoms with Gasteiger partial charge in [0.2, 0.25) is 0 Å². The predicted octanol–water partition coefficient (Wildman–Crippen LogP) is 2.82. The summed E-state index contributed by atoms with van der Waals surface area (Å²) in [6.45, 7) is 3.43. The number of thiophene rings is 1. The van der Waals surface area contributed by atoms with Gasteiger partial charge in [0.15, 0.2) is 0 Å². The van der Waals surface area contributed by atoms with Gasteiger partial charge in [0, 0.05) is 25.0 Å². The number of benzene rings is 1. The number of hydrazone groups is 1. The Labute approximate surface area is 179 Å². The predicted molar refractivity (Wildman–Crippen MR) is 120 cm³/mol. The summed E-state index contributed by atoms with van der Waals surface area (Å²) in [5.74, 6) is 0.892. The first kappa shape index (κ1) is 20.1. The number of anilines is 1. The van der Waals surface area contributed by atoms with Crippen molar-refractivity contribution in [2.24, 2.45) is 10.1 Å². The lowest BCUT2D eigenvalue weighted by Gasteiger charge is -2.29. The van der Waals surface area contributed by atoms with E-state index in [0.29, 0.717) is 25.4 Å². The second-order valence-electron chi connectivity index (χ2n) is 6.73. The van der Waals surface area contributed by atoms with Crippen LogP contribution in [0.25, 0.3) is 10.4 Å². The normalized spacial score (nSPS) is 15.1. The lowest BCUT2D eigenvalue weighted by atomic mass is 10.1. The van der Waals surface area contributed by atoms with E-state index in [4.69, 9.17) is 20.0 Å². The SMILES string of the molecule is CN/N=C\c1ccccc1CN=C(c1sc(-c2cnoc2)cc1N)N1CCOCC1. The summed E-state index contributed by atoms with van der Waals surface area (Å²) < 4.78 is 10.5. The standard InChI is InChI=1S/C21H24N6O2S/c1-23-25-12-16-5-3-2-4-15(16)11-24-21(27-6-8-28-9-7-27)20-18(22)10-19(30-20)17-13-26-29-14-17/h2-5,10,12-14,23H,6-9,11,22H2,1H3/b24-21?,25-12-. The molecule has 1 fully saturated rings. The first-order valence-corrected chi connectivity index (χ1v) is 10.5. The van der Waals surface area contributed by atoms with Crippen molar-refractivity contribution in [1.29, 1.82) is 0 Å². The summed E-state index contributed by atoms with van der Waals surface area (Å²) in [5.41, 5.74) is 12.9. The summed E-state index contributed by atoms with van der Waals surface area (Å²) in [6, 6.07) is 10.1. The second kappa shape index (κ2) is 9.55. The molecule has 0 amide bonds. The highest BCUT2D eigenvalue weighted by Gasteiger charge is 2.22. The zero-order valence-corrected chi connectivity index (χ0v) is 17.6. The van der Waals surface area contributed by atoms with E-state index in [2.05, 4.69) is 26.7 Å². The minimum Gasteiger partial charge on any atom is -0.397 e. The van der Waals surface area contributed by atoms with Crippen LogP contribution in [0.5, 0.6) is 0 Å². The van der Waals surface area contributed by atoms with Gasteiger partial charge in [-0.15, -0.1) is 11.3 Å². The van der Waals surface area contributed by atoms with Gasteiger partial charge in [-0.2, -0.15) is 5.10 Å². The summed E-state index contributed by atoms with van der Waals surface area (Å²) in [5, 5.41) is 7.94. The molecule has 0 atom stereocenters. The van der Waals surface area contributed by atoms with Gasteiger partial charge in [-0.1, -0.05) is 29.4 Å². The van der Waals surface area contributed by atoms with Gasteiger partial charge in [0.05, 0.1) is 48.3 Å². The quantitative estimate of drug-likeness (QED) is 0.358. The Morgan fingerprint density at radius 3 is 2.93 bits per heavy atom. The molecular weight excluding hydrogens is 400 g/mol. The molecule has 1 aromatic carbocycles. The third-order valence-corrected chi connectivity index (χ3v) is 5.97. The molecule has 9 heteroatoms. The van der Waals surface area contributed by atoms with Crippen molar-refractivity contribution in [3.63, 3.8) is 0 Å². The molecule has 1 saturated heterocycles. The average Bonchev–Trinajstić information content (AvgIpc) is 3.44. The molecule has 1 aliphatic heterocycles. The number of nitrogen functional groups attached to an aromatic ring is 1. The van der Waals surface area contributed by atoms with Crippen LogP contribution < -0.4 is 11.2 Å². The van der Waals surface area contributed by atoms with Crippen LogP contribution in [0, 0.1) is 0 Å². The number of nitrogens with two attached hydrogens (primary N) is 1. The number of ether oxygens (including phenoxy) is 1. The molecule has 0 spiro atoms. The van der Waals surface area contributed by atoms with E-state index < -0.39 is 0 Å². The molecule has 0 aliphatic carbocycles. The van der Waals surface area contributed by atoms with Crippen molar-refractivity contribution < 1.29 is 9.26 Å². The van der Waals surface area contributed by atoms with Gasteiger partial charge in [-0.25, -0.2) is 0 Å². The van der Waals surface area contributed by atoms with Gasteiger partial charge in [-0.05, 0) is 17.2 Å². The zero-order chi connectivity index (χ0) is 20.8. The summed E-state index contributed by atoms with van der Waals surface area (Å²) in [7, 11) is 1.78. The minimum absolute atomic E-state index is 0.526. The maximum absolute atomic E-state index is 6.41. The highest BCUT2D eigenvalue weighted by atomic mass is 32.1. The van der Waals surface area contributed by atoms with E-state index in [1.165, 1.54) is 0 Å². The molecule has 2 aromatic heterocycles. The largest absolute Gasteiger partial charge is 0.397 e. The van der Waals surface area contributed by atoms with Crippen molar-refractivity contribution in [1.82, 2.24) is 15.5 Å². The first-order chi connectivity index (χ1) is 14.8. The van der Waals surface area contributed by atoms with Gasteiger partial charge < -0.3 is 25.3 Å². The molecule has 3 aromatic rings. The van der Waals surface area contributed by atoms with Crippen LogP contribution in [0.15, 0.2) is 57.4 Å². The fourth-order valence-electron chi connectivity index (χ4n) is 3.24. The van der Waals surface area contributed by atoms with E-state index >= 15 is 0 Å². The monoisotopic (exact) mass is 424 g/mol. The Kier molecular flexibility index (Phi) is 6.41. The number of nitrogens with zero attached hydrogens (tertiary/aromatic N) is 4. The van der Waals surface area contributed by atoms with Crippen LogP contribution in [0.4, 0.5) is 5.69 Å². The van der Waals surface area contributed by atoms with Crippen molar-refractivity contribution >= 4 is 29.1 Å². The molecule has 0 radical (unpaired) electrons. The minimum atomic E-state index is 0.526. The molecule has 0 saturated carbocycles. The highest BCUT2D eigenvalue weighted by Crippen LogP contribution is 2.34. The van der Waals surface area contributed by atoms with Crippen LogP contribution >= 0.6 is 11.3 Å². The van der Waals surface area contributed by atoms with Crippen molar-refractivity contribution in [3.05, 3.63) is 58.8 Å². The third kappa shape index (κ3) is 4.52. The van der Waals surface area contributed by atoms with E-state index in [1.807, 2.05) is 30.5 Å². The molecule has 8 nitrogen and oxygen atoms in total. The molecule has 156 valence electrons. The lowest BCUT2D eigenvalue weighted by Crippen LogP contribution is -2.41. The van der Waals surface area contributed by atoms with Gasteiger partial charge in [0.25, 0.3) is 0 Å². The van der Waals surface area contributed by atoms with Gasteiger partial charge in [-0.3, -0.25) is 4.99 Å². The topological polar surface area (TPSA) is 101 Å². The Bertz CT molecular complexity index is 1020. The fraction of sp³-hybridized carbons (Fsp3) is 0.286. The Hall–Kier alpha value is -3.17. The van der Waals surface area contributed by atoms with Gasteiger partial charge in [0.1, 0.15) is 12.1 Å². The van der Waals surface area contributed by atoms with Crippen LogP contribution in [0.2, 0.25) is 0 Å². The number of aliphatic imine (C=N–C) groups is 1. The maximum Gasteiger partial charge on any atom is 0.143 e.